The third-order valence-corrected chi connectivity index (χ3v) is 7.30. The van der Waals surface area contributed by atoms with Crippen LogP contribution in [-0.4, -0.2) is 53.0 Å². The highest BCUT2D eigenvalue weighted by molar-refractivity contribution is 5.02. The lowest BCUT2D eigenvalue weighted by atomic mass is 9.95. The van der Waals surface area contributed by atoms with Gasteiger partial charge < -0.3 is 4.90 Å². The van der Waals surface area contributed by atoms with Crippen LogP contribution in [0.25, 0.3) is 0 Å². The van der Waals surface area contributed by atoms with Gasteiger partial charge in [-0.1, -0.05) is 0 Å². The summed E-state index contributed by atoms with van der Waals surface area (Å²) in [5, 5.41) is 0. The van der Waals surface area contributed by atoms with E-state index in [4.69, 9.17) is 0 Å². The minimum Gasteiger partial charge on any atom is -0.300 e. The molecule has 4 atom stereocenters. The van der Waals surface area contributed by atoms with E-state index in [1.54, 1.807) is 0 Å². The molecule has 3 saturated heterocycles. The van der Waals surface area contributed by atoms with E-state index in [0.717, 1.165) is 19.3 Å². The van der Waals surface area contributed by atoms with Crippen LogP contribution in [0.15, 0.2) is 0 Å². The van der Waals surface area contributed by atoms with Gasteiger partial charge in [0.15, 0.2) is 0 Å². The molecule has 4 fully saturated rings. The molecule has 2 nitrogen and oxygen atoms in total. The fourth-order valence-electron chi connectivity index (χ4n) is 5.63. The summed E-state index contributed by atoms with van der Waals surface area (Å²) in [6.45, 7) is 7.22. The Morgan fingerprint density at radius 3 is 2.13 bits per heavy atom. The van der Waals surface area contributed by atoms with Crippen LogP contribution < -0.4 is 0 Å². The first-order valence-corrected chi connectivity index (χ1v) is 9.77. The Bertz CT molecular complexity index is 433. The molecule has 2 bridgehead atoms. The summed E-state index contributed by atoms with van der Waals surface area (Å²) in [6.07, 6.45) is 8.81. The summed E-state index contributed by atoms with van der Waals surface area (Å²) in [4.78, 5) is 5.13. The summed E-state index contributed by atoms with van der Waals surface area (Å²) in [6, 6.07) is 1.39. The number of rotatable bonds is 5. The molecule has 4 rings (SSSR count). The molecule has 0 aromatic rings. The summed E-state index contributed by atoms with van der Waals surface area (Å²) in [5.74, 6) is -2.41. The Hall–Kier alpha value is -0.220. The SMILES string of the molecule is CC(CCC(C)N1C2CCC1CC(F)(F)C2)N1CCC2(CC2)C1. The fraction of sp³-hybridized carbons (Fsp3) is 1.00. The standard InChI is InChI=1S/C19H32F2N2/c1-14(22-10-9-18(13-22)7-8-18)3-4-15(2)23-16-5-6-17(23)12-19(20,21)11-16/h14-17H,3-13H2,1-2H3. The molecule has 1 saturated carbocycles. The van der Waals surface area contributed by atoms with E-state index in [1.165, 1.54) is 38.8 Å². The highest BCUT2D eigenvalue weighted by Gasteiger charge is 2.51. The molecule has 0 N–H and O–H groups in total. The first-order valence-electron chi connectivity index (χ1n) is 9.77. The second kappa shape index (κ2) is 5.66. The predicted octanol–water partition coefficient (Wildman–Crippen LogP) is 4.29. The van der Waals surface area contributed by atoms with Gasteiger partial charge in [-0.3, -0.25) is 4.90 Å². The van der Waals surface area contributed by atoms with E-state index < -0.39 is 5.92 Å². The van der Waals surface area contributed by atoms with E-state index in [9.17, 15) is 8.78 Å². The summed E-state index contributed by atoms with van der Waals surface area (Å²) >= 11 is 0. The molecular weight excluding hydrogens is 294 g/mol. The monoisotopic (exact) mass is 326 g/mol. The van der Waals surface area contributed by atoms with Crippen molar-refractivity contribution in [1.82, 2.24) is 9.80 Å². The van der Waals surface area contributed by atoms with Gasteiger partial charge in [0, 0.05) is 43.6 Å². The van der Waals surface area contributed by atoms with Crippen molar-refractivity contribution in [3.8, 4) is 0 Å². The second-order valence-electron chi connectivity index (χ2n) is 9.09. The normalized spacial score (nSPS) is 38.1. The Kier molecular flexibility index (Phi) is 4.00. The number of halogens is 2. The van der Waals surface area contributed by atoms with Crippen LogP contribution in [0.3, 0.4) is 0 Å². The number of piperidine rings is 1. The van der Waals surface area contributed by atoms with Crippen molar-refractivity contribution in [2.75, 3.05) is 13.1 Å². The van der Waals surface area contributed by atoms with Crippen molar-refractivity contribution < 1.29 is 8.78 Å². The van der Waals surface area contributed by atoms with Crippen molar-refractivity contribution >= 4 is 0 Å². The Labute approximate surface area is 139 Å². The Morgan fingerprint density at radius 1 is 0.957 bits per heavy atom. The maximum Gasteiger partial charge on any atom is 0.251 e. The molecule has 0 amide bonds. The van der Waals surface area contributed by atoms with Crippen LogP contribution in [0.2, 0.25) is 0 Å². The molecule has 0 radical (unpaired) electrons. The summed E-state index contributed by atoms with van der Waals surface area (Å²) < 4.78 is 27.5. The molecule has 3 aliphatic heterocycles. The lowest BCUT2D eigenvalue weighted by molar-refractivity contribution is -0.0924. The van der Waals surface area contributed by atoms with Gasteiger partial charge in [0.1, 0.15) is 0 Å². The fourth-order valence-corrected chi connectivity index (χ4v) is 5.63. The van der Waals surface area contributed by atoms with Crippen LogP contribution in [0.5, 0.6) is 0 Å². The van der Waals surface area contributed by atoms with Crippen LogP contribution in [0, 0.1) is 5.41 Å². The quantitative estimate of drug-likeness (QED) is 0.743. The third-order valence-electron chi connectivity index (χ3n) is 7.30. The maximum atomic E-state index is 13.7. The van der Waals surface area contributed by atoms with Gasteiger partial charge >= 0.3 is 0 Å². The Balaban J connectivity index is 1.28. The molecule has 3 heterocycles. The molecule has 1 spiro atoms. The lowest BCUT2D eigenvalue weighted by Crippen LogP contribution is -2.51. The largest absolute Gasteiger partial charge is 0.300 e. The number of hydrogen-bond acceptors (Lipinski definition) is 2. The average Bonchev–Trinajstić information content (AvgIpc) is 2.99. The highest BCUT2D eigenvalue weighted by atomic mass is 19.3. The molecule has 4 aliphatic rings. The zero-order chi connectivity index (χ0) is 16.2. The third kappa shape index (κ3) is 3.18. The van der Waals surface area contributed by atoms with E-state index in [1.807, 2.05) is 0 Å². The van der Waals surface area contributed by atoms with Crippen LogP contribution in [0.4, 0.5) is 8.78 Å². The molecule has 132 valence electrons. The van der Waals surface area contributed by atoms with E-state index in [-0.39, 0.29) is 24.9 Å². The Morgan fingerprint density at radius 2 is 1.57 bits per heavy atom. The van der Waals surface area contributed by atoms with E-state index in [0.29, 0.717) is 17.5 Å². The predicted molar refractivity (Wildman–Crippen MR) is 88.8 cm³/mol. The van der Waals surface area contributed by atoms with Crippen LogP contribution in [-0.2, 0) is 0 Å². The smallest absolute Gasteiger partial charge is 0.251 e. The second-order valence-corrected chi connectivity index (χ2v) is 9.09. The topological polar surface area (TPSA) is 6.48 Å². The van der Waals surface area contributed by atoms with Gasteiger partial charge in [0.05, 0.1) is 0 Å². The minimum absolute atomic E-state index is 0.0953. The van der Waals surface area contributed by atoms with Crippen molar-refractivity contribution in [1.29, 1.82) is 0 Å². The van der Waals surface area contributed by atoms with Gasteiger partial charge in [-0.2, -0.15) is 0 Å². The number of likely N-dealkylation sites (tertiary alicyclic amines) is 1. The molecule has 4 heteroatoms. The van der Waals surface area contributed by atoms with Gasteiger partial charge in [-0.15, -0.1) is 0 Å². The van der Waals surface area contributed by atoms with Crippen molar-refractivity contribution in [3.63, 3.8) is 0 Å². The zero-order valence-corrected chi connectivity index (χ0v) is 14.7. The molecule has 0 aromatic carbocycles. The number of nitrogens with zero attached hydrogens (tertiary/aromatic N) is 2. The molecule has 0 aromatic heterocycles. The maximum absolute atomic E-state index is 13.7. The van der Waals surface area contributed by atoms with E-state index >= 15 is 0 Å². The first kappa shape index (κ1) is 16.3. The zero-order valence-electron chi connectivity index (χ0n) is 14.7. The number of alkyl halides is 2. The first-order chi connectivity index (χ1) is 10.9. The summed E-state index contributed by atoms with van der Waals surface area (Å²) in [5.41, 5.74) is 0.706. The van der Waals surface area contributed by atoms with E-state index in [2.05, 4.69) is 23.6 Å². The van der Waals surface area contributed by atoms with Crippen LogP contribution >= 0.6 is 0 Å². The molecule has 23 heavy (non-hydrogen) atoms. The summed E-state index contributed by atoms with van der Waals surface area (Å²) in [7, 11) is 0. The van der Waals surface area contributed by atoms with Crippen LogP contribution in [0.1, 0.15) is 71.6 Å². The minimum atomic E-state index is -2.41. The molecule has 4 unspecified atom stereocenters. The van der Waals surface area contributed by atoms with Gasteiger partial charge in [0.2, 0.25) is 0 Å². The highest BCUT2D eigenvalue weighted by Crippen LogP contribution is 2.53. The van der Waals surface area contributed by atoms with Crippen molar-refractivity contribution in [2.24, 2.45) is 5.41 Å². The van der Waals surface area contributed by atoms with Crippen molar-refractivity contribution in [3.05, 3.63) is 0 Å². The van der Waals surface area contributed by atoms with Gasteiger partial charge in [-0.25, -0.2) is 8.78 Å². The number of fused-ring (bicyclic) bond motifs is 2. The van der Waals surface area contributed by atoms with Gasteiger partial charge in [0.25, 0.3) is 5.92 Å². The molecular formula is C19H32F2N2. The number of hydrogen-bond donors (Lipinski definition) is 0. The molecule has 1 aliphatic carbocycles. The van der Waals surface area contributed by atoms with Gasteiger partial charge in [-0.05, 0) is 70.8 Å². The lowest BCUT2D eigenvalue weighted by Gasteiger charge is -2.42. The average molecular weight is 326 g/mol. The van der Waals surface area contributed by atoms with Crippen molar-refractivity contribution in [2.45, 2.75) is 102 Å².